The maximum absolute atomic E-state index is 12.3. The number of carbonyl (C=O) groups is 1. The van der Waals surface area contributed by atoms with E-state index in [1.165, 1.54) is 25.3 Å². The van der Waals surface area contributed by atoms with E-state index in [4.69, 9.17) is 4.74 Å². The Hall–Kier alpha value is -1.93. The zero-order valence-electron chi connectivity index (χ0n) is 14.6. The standard InChI is InChI=1S/C17H25F2N3O3/c1-21-8-10-22(11-9-21)7-3-6-20-16(23)13-4-5-14(25-17(18)19)15(12-13)24-2/h4-5,12,17H,3,6-11H2,1-2H3,(H,20,23). The van der Waals surface area contributed by atoms with Gasteiger partial charge in [-0.15, -0.1) is 0 Å². The molecule has 1 saturated heterocycles. The van der Waals surface area contributed by atoms with E-state index in [-0.39, 0.29) is 17.4 Å². The predicted molar refractivity (Wildman–Crippen MR) is 90.5 cm³/mol. The molecule has 1 aliphatic rings. The van der Waals surface area contributed by atoms with Gasteiger partial charge in [-0.05, 0) is 38.2 Å². The Morgan fingerprint density at radius 3 is 2.60 bits per heavy atom. The van der Waals surface area contributed by atoms with E-state index in [9.17, 15) is 13.6 Å². The lowest BCUT2D eigenvalue weighted by Gasteiger charge is -2.32. The van der Waals surface area contributed by atoms with Crippen molar-refractivity contribution in [1.29, 1.82) is 0 Å². The lowest BCUT2D eigenvalue weighted by molar-refractivity contribution is -0.0512. The fourth-order valence-electron chi connectivity index (χ4n) is 2.68. The van der Waals surface area contributed by atoms with Crippen LogP contribution in [-0.2, 0) is 0 Å². The average Bonchev–Trinajstić information content (AvgIpc) is 2.60. The number of ether oxygens (including phenoxy) is 2. The van der Waals surface area contributed by atoms with Crippen molar-refractivity contribution in [2.45, 2.75) is 13.0 Å². The summed E-state index contributed by atoms with van der Waals surface area (Å²) in [6, 6.07) is 4.15. The highest BCUT2D eigenvalue weighted by Gasteiger charge is 2.15. The van der Waals surface area contributed by atoms with Gasteiger partial charge >= 0.3 is 6.61 Å². The normalized spacial score (nSPS) is 16.0. The molecule has 6 nitrogen and oxygen atoms in total. The van der Waals surface area contributed by atoms with Crippen molar-refractivity contribution in [3.63, 3.8) is 0 Å². The number of alkyl halides is 2. The fourth-order valence-corrected chi connectivity index (χ4v) is 2.68. The van der Waals surface area contributed by atoms with Crippen LogP contribution in [0.5, 0.6) is 11.5 Å². The summed E-state index contributed by atoms with van der Waals surface area (Å²) in [6.45, 7) is 2.79. The van der Waals surface area contributed by atoms with Crippen LogP contribution in [0, 0.1) is 0 Å². The first-order valence-electron chi connectivity index (χ1n) is 8.31. The molecule has 1 aromatic carbocycles. The minimum absolute atomic E-state index is 0.0934. The highest BCUT2D eigenvalue weighted by molar-refractivity contribution is 5.94. The minimum Gasteiger partial charge on any atom is -0.493 e. The Kier molecular flexibility index (Phi) is 7.39. The number of benzene rings is 1. The van der Waals surface area contributed by atoms with E-state index in [0.717, 1.165) is 39.1 Å². The van der Waals surface area contributed by atoms with Gasteiger partial charge in [0.1, 0.15) is 0 Å². The highest BCUT2D eigenvalue weighted by atomic mass is 19.3. The van der Waals surface area contributed by atoms with Crippen LogP contribution in [0.2, 0.25) is 0 Å². The largest absolute Gasteiger partial charge is 0.493 e. The number of piperazine rings is 1. The van der Waals surface area contributed by atoms with E-state index in [1.54, 1.807) is 0 Å². The molecule has 1 heterocycles. The Bertz CT molecular complexity index is 564. The van der Waals surface area contributed by atoms with E-state index in [1.807, 2.05) is 0 Å². The third-order valence-corrected chi connectivity index (χ3v) is 4.17. The summed E-state index contributed by atoms with van der Waals surface area (Å²) in [5, 5.41) is 2.84. The van der Waals surface area contributed by atoms with Gasteiger partial charge in [-0.1, -0.05) is 0 Å². The Labute approximate surface area is 146 Å². The summed E-state index contributed by atoms with van der Waals surface area (Å²) in [5.74, 6) is -0.255. The number of amides is 1. The second-order valence-corrected chi connectivity index (χ2v) is 6.00. The first-order chi connectivity index (χ1) is 12.0. The molecule has 0 spiro atoms. The predicted octanol–water partition coefficient (Wildman–Crippen LogP) is 1.66. The maximum atomic E-state index is 12.3. The van der Waals surface area contributed by atoms with Crippen LogP contribution in [0.1, 0.15) is 16.8 Å². The smallest absolute Gasteiger partial charge is 0.387 e. The molecule has 1 N–H and O–H groups in total. The minimum atomic E-state index is -2.94. The van der Waals surface area contributed by atoms with Gasteiger partial charge < -0.3 is 24.6 Å². The number of nitrogens with one attached hydrogen (secondary N) is 1. The van der Waals surface area contributed by atoms with Gasteiger partial charge in [0.05, 0.1) is 7.11 Å². The molecule has 1 amide bonds. The average molecular weight is 357 g/mol. The third kappa shape index (κ3) is 6.13. The van der Waals surface area contributed by atoms with E-state index in [0.29, 0.717) is 12.1 Å². The topological polar surface area (TPSA) is 54.0 Å². The molecule has 140 valence electrons. The molecule has 25 heavy (non-hydrogen) atoms. The van der Waals surface area contributed by atoms with Gasteiger partial charge in [0.2, 0.25) is 0 Å². The van der Waals surface area contributed by atoms with Crippen LogP contribution in [0.4, 0.5) is 8.78 Å². The number of hydrogen-bond acceptors (Lipinski definition) is 5. The summed E-state index contributed by atoms with van der Waals surface area (Å²) in [4.78, 5) is 16.8. The highest BCUT2D eigenvalue weighted by Crippen LogP contribution is 2.29. The molecule has 8 heteroatoms. The molecule has 0 saturated carbocycles. The number of hydrogen-bond donors (Lipinski definition) is 1. The van der Waals surface area contributed by atoms with Crippen molar-refractivity contribution in [3.05, 3.63) is 23.8 Å². The first kappa shape index (κ1) is 19.4. The second kappa shape index (κ2) is 9.53. The van der Waals surface area contributed by atoms with Gasteiger partial charge in [0.25, 0.3) is 5.91 Å². The van der Waals surface area contributed by atoms with Crippen molar-refractivity contribution >= 4 is 5.91 Å². The lowest BCUT2D eigenvalue weighted by Crippen LogP contribution is -2.45. The summed E-state index contributed by atoms with van der Waals surface area (Å²) in [6.07, 6.45) is 0.860. The van der Waals surface area contributed by atoms with Gasteiger partial charge in [0, 0.05) is 38.3 Å². The molecular weight excluding hydrogens is 332 g/mol. The quantitative estimate of drug-likeness (QED) is 0.717. The van der Waals surface area contributed by atoms with Crippen molar-refractivity contribution in [3.8, 4) is 11.5 Å². The SMILES string of the molecule is COc1cc(C(=O)NCCCN2CCN(C)CC2)ccc1OC(F)F. The molecule has 0 aromatic heterocycles. The van der Waals surface area contributed by atoms with Gasteiger partial charge in [0.15, 0.2) is 11.5 Å². The molecule has 1 aromatic rings. The van der Waals surface area contributed by atoms with E-state index < -0.39 is 6.61 Å². The van der Waals surface area contributed by atoms with E-state index in [2.05, 4.69) is 26.9 Å². The van der Waals surface area contributed by atoms with Gasteiger partial charge in [-0.3, -0.25) is 4.79 Å². The molecule has 0 bridgehead atoms. The molecule has 2 rings (SSSR count). The van der Waals surface area contributed by atoms with Crippen LogP contribution in [0.3, 0.4) is 0 Å². The van der Waals surface area contributed by atoms with Gasteiger partial charge in [-0.25, -0.2) is 0 Å². The fraction of sp³-hybridized carbons (Fsp3) is 0.588. The molecule has 0 unspecified atom stereocenters. The van der Waals surface area contributed by atoms with Crippen LogP contribution in [-0.4, -0.2) is 75.7 Å². The lowest BCUT2D eigenvalue weighted by atomic mass is 10.2. The first-order valence-corrected chi connectivity index (χ1v) is 8.31. The second-order valence-electron chi connectivity index (χ2n) is 6.00. The molecule has 0 atom stereocenters. The zero-order chi connectivity index (χ0) is 18.2. The molecule has 0 radical (unpaired) electrons. The van der Waals surface area contributed by atoms with Crippen LogP contribution in [0.15, 0.2) is 18.2 Å². The number of likely N-dealkylation sites (N-methyl/N-ethyl adjacent to an activating group) is 1. The Balaban J connectivity index is 1.78. The van der Waals surface area contributed by atoms with Crippen LogP contribution in [0.25, 0.3) is 0 Å². The van der Waals surface area contributed by atoms with Crippen molar-refractivity contribution in [2.75, 3.05) is 53.4 Å². The summed E-state index contributed by atoms with van der Waals surface area (Å²) < 4.78 is 34.0. The molecule has 1 fully saturated rings. The molecule has 0 aliphatic carbocycles. The summed E-state index contributed by atoms with van der Waals surface area (Å²) >= 11 is 0. The number of halogens is 2. The van der Waals surface area contributed by atoms with Crippen molar-refractivity contribution < 1.29 is 23.0 Å². The summed E-state index contributed by atoms with van der Waals surface area (Å²) in [5.41, 5.74) is 0.345. The Morgan fingerprint density at radius 2 is 1.96 bits per heavy atom. The van der Waals surface area contributed by atoms with Crippen molar-refractivity contribution in [2.24, 2.45) is 0 Å². The van der Waals surface area contributed by atoms with Gasteiger partial charge in [-0.2, -0.15) is 8.78 Å². The number of nitrogens with zero attached hydrogens (tertiary/aromatic N) is 2. The Morgan fingerprint density at radius 1 is 1.24 bits per heavy atom. The number of rotatable bonds is 8. The molecular formula is C17H25F2N3O3. The molecule has 1 aliphatic heterocycles. The maximum Gasteiger partial charge on any atom is 0.387 e. The zero-order valence-corrected chi connectivity index (χ0v) is 14.6. The summed E-state index contributed by atoms with van der Waals surface area (Å²) in [7, 11) is 3.45. The van der Waals surface area contributed by atoms with Crippen LogP contribution >= 0.6 is 0 Å². The van der Waals surface area contributed by atoms with E-state index >= 15 is 0 Å². The third-order valence-electron chi connectivity index (χ3n) is 4.17. The van der Waals surface area contributed by atoms with Crippen LogP contribution < -0.4 is 14.8 Å². The monoisotopic (exact) mass is 357 g/mol. The van der Waals surface area contributed by atoms with Crippen molar-refractivity contribution in [1.82, 2.24) is 15.1 Å². The number of methoxy groups -OCH3 is 1. The number of carbonyl (C=O) groups excluding carboxylic acids is 1.